The van der Waals surface area contributed by atoms with E-state index in [1.807, 2.05) is 4.90 Å². The third kappa shape index (κ3) is 5.04. The second kappa shape index (κ2) is 6.97. The van der Waals surface area contributed by atoms with Gasteiger partial charge in [-0.2, -0.15) is 0 Å². The molecule has 0 aromatic heterocycles. The van der Waals surface area contributed by atoms with Gasteiger partial charge >= 0.3 is 5.97 Å². The summed E-state index contributed by atoms with van der Waals surface area (Å²) in [6.45, 7) is 9.35. The van der Waals surface area contributed by atoms with Gasteiger partial charge in [-0.3, -0.25) is 9.69 Å². The third-order valence-corrected chi connectivity index (χ3v) is 3.23. The minimum atomic E-state index is -0.694. The fourth-order valence-electron chi connectivity index (χ4n) is 2.22. The van der Waals surface area contributed by atoms with Crippen molar-refractivity contribution in [1.82, 2.24) is 4.90 Å². The predicted molar refractivity (Wildman–Crippen MR) is 67.1 cm³/mol. The number of rotatable bonds is 6. The first-order valence-corrected chi connectivity index (χ1v) is 6.55. The lowest BCUT2D eigenvalue weighted by Gasteiger charge is -2.35. The van der Waals surface area contributed by atoms with E-state index in [-0.39, 0.29) is 6.04 Å². The van der Waals surface area contributed by atoms with Crippen LogP contribution in [0.15, 0.2) is 0 Å². The molecular weight excluding hydrogens is 218 g/mol. The number of aliphatic carboxylic acids is 1. The van der Waals surface area contributed by atoms with Gasteiger partial charge in [0.25, 0.3) is 0 Å². The van der Waals surface area contributed by atoms with Crippen LogP contribution in [0.1, 0.15) is 33.6 Å². The van der Waals surface area contributed by atoms with Gasteiger partial charge in [0, 0.05) is 13.2 Å². The van der Waals surface area contributed by atoms with E-state index in [1.165, 1.54) is 0 Å². The molecule has 4 heteroatoms. The van der Waals surface area contributed by atoms with Crippen LogP contribution < -0.4 is 0 Å². The molecule has 0 aromatic carbocycles. The number of likely N-dealkylation sites (tertiary alicyclic amines) is 1. The number of hydrogen-bond donors (Lipinski definition) is 1. The van der Waals surface area contributed by atoms with Gasteiger partial charge in [0.05, 0.1) is 6.61 Å². The van der Waals surface area contributed by atoms with Gasteiger partial charge in [0.1, 0.15) is 6.04 Å². The van der Waals surface area contributed by atoms with E-state index < -0.39 is 5.97 Å². The molecule has 1 heterocycles. The highest BCUT2D eigenvalue weighted by molar-refractivity contribution is 5.73. The summed E-state index contributed by atoms with van der Waals surface area (Å²) in [5.74, 6) is 0.357. The largest absolute Gasteiger partial charge is 0.480 e. The normalized spacial score (nSPS) is 26.4. The molecule has 0 radical (unpaired) electrons. The Morgan fingerprint density at radius 2 is 2.24 bits per heavy atom. The topological polar surface area (TPSA) is 49.8 Å². The lowest BCUT2D eigenvalue weighted by atomic mass is 9.92. The predicted octanol–water partition coefficient (Wildman–Crippen LogP) is 1.84. The molecule has 1 rings (SSSR count). The molecule has 1 N–H and O–H groups in total. The monoisotopic (exact) mass is 243 g/mol. The molecule has 1 aliphatic heterocycles. The van der Waals surface area contributed by atoms with Crippen molar-refractivity contribution in [3.05, 3.63) is 0 Å². The standard InChI is InChI=1S/C13H25NO3/c1-10(2)9-17-7-6-14-5-4-11(3)8-12(14)13(15)16/h10-12H,4-9H2,1-3H3,(H,15,16). The average molecular weight is 243 g/mol. The molecular formula is C13H25NO3. The Hall–Kier alpha value is -0.610. The summed E-state index contributed by atoms with van der Waals surface area (Å²) >= 11 is 0. The summed E-state index contributed by atoms with van der Waals surface area (Å²) in [6, 6.07) is -0.318. The van der Waals surface area contributed by atoms with E-state index in [0.29, 0.717) is 18.4 Å². The van der Waals surface area contributed by atoms with E-state index >= 15 is 0 Å². The van der Waals surface area contributed by atoms with Crippen LogP contribution in [0.5, 0.6) is 0 Å². The molecule has 2 unspecified atom stereocenters. The van der Waals surface area contributed by atoms with Crippen molar-refractivity contribution in [2.24, 2.45) is 11.8 Å². The van der Waals surface area contributed by atoms with Crippen molar-refractivity contribution >= 4 is 5.97 Å². The van der Waals surface area contributed by atoms with Crippen LogP contribution in [-0.2, 0) is 9.53 Å². The summed E-state index contributed by atoms with van der Waals surface area (Å²) in [6.07, 6.45) is 1.85. The van der Waals surface area contributed by atoms with Crippen molar-refractivity contribution in [1.29, 1.82) is 0 Å². The van der Waals surface area contributed by atoms with E-state index in [2.05, 4.69) is 20.8 Å². The van der Waals surface area contributed by atoms with Crippen LogP contribution in [0.25, 0.3) is 0 Å². The quantitative estimate of drug-likeness (QED) is 0.723. The van der Waals surface area contributed by atoms with Crippen LogP contribution in [0.4, 0.5) is 0 Å². The van der Waals surface area contributed by atoms with Gasteiger partial charge in [-0.15, -0.1) is 0 Å². The molecule has 1 saturated heterocycles. The number of piperidine rings is 1. The maximum Gasteiger partial charge on any atom is 0.320 e. The fourth-order valence-corrected chi connectivity index (χ4v) is 2.22. The van der Waals surface area contributed by atoms with Crippen molar-refractivity contribution in [2.75, 3.05) is 26.3 Å². The molecule has 100 valence electrons. The highest BCUT2D eigenvalue weighted by Crippen LogP contribution is 2.22. The number of hydrogen-bond acceptors (Lipinski definition) is 3. The highest BCUT2D eigenvalue weighted by atomic mass is 16.5. The number of nitrogens with zero attached hydrogens (tertiary/aromatic N) is 1. The van der Waals surface area contributed by atoms with E-state index in [9.17, 15) is 9.90 Å². The second-order valence-electron chi connectivity index (χ2n) is 5.49. The minimum absolute atomic E-state index is 0.318. The number of carboxylic acid groups (broad SMARTS) is 1. The third-order valence-electron chi connectivity index (χ3n) is 3.23. The first-order valence-electron chi connectivity index (χ1n) is 6.55. The Balaban J connectivity index is 2.32. The van der Waals surface area contributed by atoms with E-state index in [0.717, 1.165) is 32.5 Å². The van der Waals surface area contributed by atoms with E-state index in [1.54, 1.807) is 0 Å². The van der Waals surface area contributed by atoms with Gasteiger partial charge in [-0.1, -0.05) is 20.8 Å². The highest BCUT2D eigenvalue weighted by Gasteiger charge is 2.31. The lowest BCUT2D eigenvalue weighted by molar-refractivity contribution is -0.145. The number of carbonyl (C=O) groups is 1. The Morgan fingerprint density at radius 1 is 1.53 bits per heavy atom. The molecule has 1 fully saturated rings. The molecule has 1 aliphatic rings. The molecule has 0 spiro atoms. The molecule has 0 bridgehead atoms. The SMILES string of the molecule is CC(C)COCCN1CCC(C)CC1C(=O)O. The van der Waals surface area contributed by atoms with Gasteiger partial charge in [0.15, 0.2) is 0 Å². The maximum atomic E-state index is 11.2. The van der Waals surface area contributed by atoms with Gasteiger partial charge in [-0.25, -0.2) is 0 Å². The van der Waals surface area contributed by atoms with Crippen molar-refractivity contribution in [3.63, 3.8) is 0 Å². The smallest absolute Gasteiger partial charge is 0.320 e. The maximum absolute atomic E-state index is 11.2. The van der Waals surface area contributed by atoms with Crippen LogP contribution in [-0.4, -0.2) is 48.3 Å². The summed E-state index contributed by atoms with van der Waals surface area (Å²) in [4.78, 5) is 13.2. The van der Waals surface area contributed by atoms with Crippen molar-refractivity contribution in [3.8, 4) is 0 Å². The molecule has 0 aliphatic carbocycles. The Labute approximate surface area is 104 Å². The summed E-state index contributed by atoms with van der Waals surface area (Å²) < 4.78 is 5.52. The van der Waals surface area contributed by atoms with E-state index in [4.69, 9.17) is 4.74 Å². The molecule has 0 aromatic rings. The van der Waals surface area contributed by atoms with Gasteiger partial charge in [-0.05, 0) is 31.2 Å². The van der Waals surface area contributed by atoms with Gasteiger partial charge in [0.2, 0.25) is 0 Å². The number of ether oxygens (including phenoxy) is 1. The molecule has 2 atom stereocenters. The summed E-state index contributed by atoms with van der Waals surface area (Å²) in [7, 11) is 0. The molecule has 0 saturated carbocycles. The van der Waals surface area contributed by atoms with Crippen molar-refractivity contribution in [2.45, 2.75) is 39.7 Å². The Bertz CT molecular complexity index is 243. The number of carboxylic acids is 1. The Morgan fingerprint density at radius 3 is 2.82 bits per heavy atom. The molecule has 0 amide bonds. The summed E-state index contributed by atoms with van der Waals surface area (Å²) in [5.41, 5.74) is 0. The summed E-state index contributed by atoms with van der Waals surface area (Å²) in [5, 5.41) is 9.19. The zero-order chi connectivity index (χ0) is 12.8. The van der Waals surface area contributed by atoms with Crippen LogP contribution in [0.3, 0.4) is 0 Å². The van der Waals surface area contributed by atoms with Crippen molar-refractivity contribution < 1.29 is 14.6 Å². The first kappa shape index (κ1) is 14.5. The molecule has 17 heavy (non-hydrogen) atoms. The van der Waals surface area contributed by atoms with Crippen LogP contribution in [0, 0.1) is 11.8 Å². The minimum Gasteiger partial charge on any atom is -0.480 e. The second-order valence-corrected chi connectivity index (χ2v) is 5.49. The lowest BCUT2D eigenvalue weighted by Crippen LogP contribution is -2.48. The fraction of sp³-hybridized carbons (Fsp3) is 0.923. The average Bonchev–Trinajstić information content (AvgIpc) is 2.25. The van der Waals surface area contributed by atoms with Gasteiger partial charge < -0.3 is 9.84 Å². The Kier molecular flexibility index (Phi) is 5.92. The molecule has 4 nitrogen and oxygen atoms in total. The van der Waals surface area contributed by atoms with Crippen LogP contribution in [0.2, 0.25) is 0 Å². The first-order chi connectivity index (χ1) is 8.00. The van der Waals surface area contributed by atoms with Crippen LogP contribution >= 0.6 is 0 Å². The zero-order valence-electron chi connectivity index (χ0n) is 11.2. The zero-order valence-corrected chi connectivity index (χ0v) is 11.2.